The summed E-state index contributed by atoms with van der Waals surface area (Å²) in [4.78, 5) is 31.1. The molecule has 2 aromatic heterocycles. The summed E-state index contributed by atoms with van der Waals surface area (Å²) in [6.07, 6.45) is 6.61. The van der Waals surface area contributed by atoms with Gasteiger partial charge in [-0.25, -0.2) is 0 Å². The van der Waals surface area contributed by atoms with Gasteiger partial charge in [0.1, 0.15) is 0 Å². The van der Waals surface area contributed by atoms with E-state index in [0.29, 0.717) is 22.3 Å². The first-order chi connectivity index (χ1) is 9.74. The minimum absolute atomic E-state index is 0.0810. The van der Waals surface area contributed by atoms with Crippen molar-refractivity contribution < 1.29 is 9.59 Å². The summed E-state index contributed by atoms with van der Waals surface area (Å²) in [6, 6.07) is 1.62. The summed E-state index contributed by atoms with van der Waals surface area (Å²) < 4.78 is 1.94. The molecule has 100 valence electrons. The number of carbonyl (C=O) groups is 2. The molecule has 2 aliphatic rings. The normalized spacial score (nSPS) is 17.0. The Kier molecular flexibility index (Phi) is 2.37. The zero-order chi connectivity index (χ0) is 13.7. The first-order valence-electron chi connectivity index (χ1n) is 6.69. The molecule has 0 saturated carbocycles. The molecule has 2 aromatic rings. The smallest absolute Gasteiger partial charge is 0.197 e. The highest BCUT2D eigenvalue weighted by Crippen LogP contribution is 2.27. The van der Waals surface area contributed by atoms with Crippen LogP contribution in [0.1, 0.15) is 31.8 Å². The lowest BCUT2D eigenvalue weighted by molar-refractivity contribution is 0.0979. The van der Waals surface area contributed by atoms with Gasteiger partial charge in [-0.15, -0.1) is 0 Å². The lowest BCUT2D eigenvalue weighted by Crippen LogP contribution is -2.19. The third-order valence-electron chi connectivity index (χ3n) is 3.89. The molecule has 1 saturated heterocycles. The van der Waals surface area contributed by atoms with E-state index in [-0.39, 0.29) is 11.6 Å². The monoisotopic (exact) mass is 267 g/mol. The van der Waals surface area contributed by atoms with Gasteiger partial charge in [-0.1, -0.05) is 0 Å². The molecule has 1 aliphatic heterocycles. The average molecular weight is 267 g/mol. The lowest BCUT2D eigenvalue weighted by atomic mass is 9.88. The van der Waals surface area contributed by atoms with E-state index in [0.717, 1.165) is 26.2 Å². The van der Waals surface area contributed by atoms with Crippen LogP contribution < -0.4 is 0 Å². The van der Waals surface area contributed by atoms with Crippen molar-refractivity contribution in [3.05, 3.63) is 53.1 Å². The van der Waals surface area contributed by atoms with Crippen LogP contribution in [-0.2, 0) is 6.54 Å². The van der Waals surface area contributed by atoms with Crippen LogP contribution in [-0.4, -0.2) is 45.7 Å². The Bertz CT molecular complexity index is 676. The van der Waals surface area contributed by atoms with E-state index >= 15 is 0 Å². The highest BCUT2D eigenvalue weighted by molar-refractivity contribution is 6.28. The van der Waals surface area contributed by atoms with Gasteiger partial charge in [-0.05, 0) is 6.07 Å². The number of rotatable bonds is 3. The quantitative estimate of drug-likeness (QED) is 0.664. The van der Waals surface area contributed by atoms with Crippen LogP contribution in [0.25, 0.3) is 0 Å². The van der Waals surface area contributed by atoms with Gasteiger partial charge in [0.05, 0.1) is 16.7 Å². The van der Waals surface area contributed by atoms with Gasteiger partial charge in [-0.3, -0.25) is 19.5 Å². The first-order valence-corrected chi connectivity index (χ1v) is 6.69. The molecule has 0 atom stereocenters. The predicted octanol–water partition coefficient (Wildman–Crippen LogP) is 0.974. The number of aromatic nitrogens is 2. The van der Waals surface area contributed by atoms with Gasteiger partial charge >= 0.3 is 0 Å². The van der Waals surface area contributed by atoms with Gasteiger partial charge in [0.25, 0.3) is 0 Å². The maximum absolute atomic E-state index is 12.4. The molecule has 1 aliphatic carbocycles. The Balaban J connectivity index is 1.72. The number of ketones is 2. The molecule has 20 heavy (non-hydrogen) atoms. The molecular formula is C15H13N3O2. The molecule has 4 rings (SSSR count). The minimum atomic E-state index is -0.104. The van der Waals surface area contributed by atoms with E-state index in [1.165, 1.54) is 6.20 Å². The fourth-order valence-electron chi connectivity index (χ4n) is 2.61. The summed E-state index contributed by atoms with van der Waals surface area (Å²) in [5, 5.41) is 0. The molecule has 3 heterocycles. The fourth-order valence-corrected chi connectivity index (χ4v) is 2.61. The van der Waals surface area contributed by atoms with Crippen LogP contribution in [0.15, 0.2) is 30.9 Å². The average Bonchev–Trinajstić information content (AvgIpc) is 3.20. The van der Waals surface area contributed by atoms with Crippen LogP contribution in [0, 0.1) is 0 Å². The number of hydrogen-bond donors (Lipinski definition) is 0. The van der Waals surface area contributed by atoms with Crippen molar-refractivity contribution in [1.82, 2.24) is 14.5 Å². The van der Waals surface area contributed by atoms with Crippen LogP contribution in [0.5, 0.6) is 0 Å². The highest BCUT2D eigenvalue weighted by Gasteiger charge is 2.31. The first kappa shape index (κ1) is 11.5. The largest absolute Gasteiger partial charge is 0.351 e. The van der Waals surface area contributed by atoms with Crippen molar-refractivity contribution in [1.29, 1.82) is 0 Å². The molecule has 5 nitrogen and oxygen atoms in total. The molecule has 0 unspecified atom stereocenters. The van der Waals surface area contributed by atoms with Crippen LogP contribution >= 0.6 is 0 Å². The Labute approximate surface area is 115 Å². The van der Waals surface area contributed by atoms with Crippen LogP contribution in [0.4, 0.5) is 0 Å². The molecule has 0 spiro atoms. The number of hydrogen-bond acceptors (Lipinski definition) is 4. The Hall–Kier alpha value is -2.27. The Morgan fingerprint density at radius 2 is 1.65 bits per heavy atom. The van der Waals surface area contributed by atoms with E-state index in [1.807, 2.05) is 4.57 Å². The highest BCUT2D eigenvalue weighted by atomic mass is 16.1. The number of nitrogens with zero attached hydrogens (tertiary/aromatic N) is 3. The van der Waals surface area contributed by atoms with E-state index in [9.17, 15) is 9.59 Å². The zero-order valence-electron chi connectivity index (χ0n) is 10.9. The molecule has 0 bridgehead atoms. The Morgan fingerprint density at radius 3 is 2.35 bits per heavy atom. The third kappa shape index (κ3) is 1.71. The molecule has 0 amide bonds. The standard InChI is InChI=1S/C15H13N3O2/c19-14-10-1-2-16-7-11(10)15(20)13-9-18(8-12(13)14)6-5-17-3-4-17/h1-2,7-9H,3-6H2. The van der Waals surface area contributed by atoms with Crippen molar-refractivity contribution in [2.75, 3.05) is 19.6 Å². The molecule has 5 heteroatoms. The van der Waals surface area contributed by atoms with Crippen molar-refractivity contribution >= 4 is 11.6 Å². The molecule has 1 fully saturated rings. The van der Waals surface area contributed by atoms with Crippen molar-refractivity contribution in [3.63, 3.8) is 0 Å². The number of fused-ring (bicyclic) bond motifs is 2. The second-order valence-electron chi connectivity index (χ2n) is 5.24. The SMILES string of the molecule is O=C1c2ccncc2C(=O)c2cn(CCN3CC3)cc21. The van der Waals surface area contributed by atoms with E-state index in [2.05, 4.69) is 9.88 Å². The van der Waals surface area contributed by atoms with Crippen molar-refractivity contribution in [2.24, 2.45) is 0 Å². The lowest BCUT2D eigenvalue weighted by Gasteiger charge is -2.12. The van der Waals surface area contributed by atoms with E-state index < -0.39 is 0 Å². The third-order valence-corrected chi connectivity index (χ3v) is 3.89. The molecule has 0 aromatic carbocycles. The topological polar surface area (TPSA) is 55.0 Å². The number of pyridine rings is 1. The molecule has 0 N–H and O–H groups in total. The summed E-state index contributed by atoms with van der Waals surface area (Å²) in [6.45, 7) is 4.07. The second-order valence-corrected chi connectivity index (χ2v) is 5.24. The van der Waals surface area contributed by atoms with E-state index in [1.54, 1.807) is 24.7 Å². The number of carbonyl (C=O) groups excluding carboxylic acids is 2. The van der Waals surface area contributed by atoms with Gasteiger partial charge in [0, 0.05) is 56.5 Å². The van der Waals surface area contributed by atoms with Gasteiger partial charge < -0.3 is 4.57 Å². The molecule has 0 radical (unpaired) electrons. The van der Waals surface area contributed by atoms with Crippen LogP contribution in [0.3, 0.4) is 0 Å². The van der Waals surface area contributed by atoms with Crippen molar-refractivity contribution in [3.8, 4) is 0 Å². The minimum Gasteiger partial charge on any atom is -0.351 e. The maximum atomic E-state index is 12.4. The van der Waals surface area contributed by atoms with Gasteiger partial charge in [0.2, 0.25) is 0 Å². The van der Waals surface area contributed by atoms with Gasteiger partial charge in [-0.2, -0.15) is 0 Å². The maximum Gasteiger partial charge on any atom is 0.197 e. The summed E-state index contributed by atoms with van der Waals surface area (Å²) in [7, 11) is 0. The van der Waals surface area contributed by atoms with Crippen LogP contribution in [0.2, 0.25) is 0 Å². The molecular weight excluding hydrogens is 254 g/mol. The Morgan fingerprint density at radius 1 is 0.950 bits per heavy atom. The van der Waals surface area contributed by atoms with Crippen molar-refractivity contribution in [2.45, 2.75) is 6.54 Å². The summed E-state index contributed by atoms with van der Waals surface area (Å²) >= 11 is 0. The summed E-state index contributed by atoms with van der Waals surface area (Å²) in [5.74, 6) is -0.185. The summed E-state index contributed by atoms with van der Waals surface area (Å²) in [5.41, 5.74) is 1.88. The second kappa shape index (κ2) is 4.11. The van der Waals surface area contributed by atoms with E-state index in [4.69, 9.17) is 0 Å². The predicted molar refractivity (Wildman–Crippen MR) is 72.0 cm³/mol. The fraction of sp³-hybridized carbons (Fsp3) is 0.267. The zero-order valence-corrected chi connectivity index (χ0v) is 10.9. The van der Waals surface area contributed by atoms with Gasteiger partial charge in [0.15, 0.2) is 11.6 Å².